The molecule has 1 rings (SSSR count). The van der Waals surface area contributed by atoms with Gasteiger partial charge in [-0.05, 0) is 89.9 Å². The molecule has 0 aromatic rings. The second kappa shape index (κ2) is 39.2. The number of rotatable bonds is 38. The predicted molar refractivity (Wildman–Crippen MR) is 250 cm³/mol. The van der Waals surface area contributed by atoms with Crippen molar-refractivity contribution in [3.63, 3.8) is 0 Å². The summed E-state index contributed by atoms with van der Waals surface area (Å²) in [5.74, 6) is -1.25. The molecule has 366 valence electrons. The molecular formula is C49H81O14P. The normalized spacial score (nSPS) is 22.3. The number of unbranched alkanes of at least 4 members (excludes halogenated alkanes) is 11. The number of hydrogen-bond donors (Lipinski definition) is 7. The van der Waals surface area contributed by atoms with Crippen LogP contribution in [0.3, 0.4) is 0 Å². The van der Waals surface area contributed by atoms with E-state index in [-0.39, 0.29) is 19.4 Å². The fourth-order valence-corrected chi connectivity index (χ4v) is 7.42. The van der Waals surface area contributed by atoms with E-state index in [1.54, 1.807) is 0 Å². The van der Waals surface area contributed by atoms with Crippen LogP contribution >= 0.6 is 7.82 Å². The Morgan fingerprint density at radius 1 is 0.516 bits per heavy atom. The third-order valence-electron chi connectivity index (χ3n) is 10.3. The number of hydrogen-bond acceptors (Lipinski definition) is 13. The van der Waals surface area contributed by atoms with E-state index in [2.05, 4.69) is 67.7 Å². The van der Waals surface area contributed by atoms with Gasteiger partial charge in [-0.2, -0.15) is 0 Å². The van der Waals surface area contributed by atoms with Crippen LogP contribution in [0, 0.1) is 0 Å². The molecule has 15 heteroatoms. The van der Waals surface area contributed by atoms with E-state index in [0.717, 1.165) is 64.2 Å². The maximum atomic E-state index is 12.8. The number of phosphoric acid groups is 1. The Kier molecular flexibility index (Phi) is 36.1. The van der Waals surface area contributed by atoms with Crippen molar-refractivity contribution in [1.82, 2.24) is 0 Å². The summed E-state index contributed by atoms with van der Waals surface area (Å²) in [5.41, 5.74) is 0. The quantitative estimate of drug-likeness (QED) is 0.0134. The lowest BCUT2D eigenvalue weighted by Gasteiger charge is -2.41. The molecule has 0 aromatic heterocycles. The van der Waals surface area contributed by atoms with Crippen molar-refractivity contribution < 1.29 is 68.2 Å². The highest BCUT2D eigenvalue weighted by Crippen LogP contribution is 2.47. The molecule has 64 heavy (non-hydrogen) atoms. The number of ether oxygens (including phenoxy) is 2. The third kappa shape index (κ3) is 31.0. The minimum Gasteiger partial charge on any atom is -0.462 e. The zero-order valence-electron chi connectivity index (χ0n) is 38.2. The van der Waals surface area contributed by atoms with Crippen molar-refractivity contribution in [1.29, 1.82) is 0 Å². The van der Waals surface area contributed by atoms with Crippen LogP contribution in [0.15, 0.2) is 85.1 Å². The van der Waals surface area contributed by atoms with Crippen LogP contribution in [-0.2, 0) is 32.7 Å². The zero-order chi connectivity index (χ0) is 47.1. The summed E-state index contributed by atoms with van der Waals surface area (Å²) in [7, 11) is -5.16. The molecule has 8 atom stereocenters. The van der Waals surface area contributed by atoms with Gasteiger partial charge in [-0.3, -0.25) is 18.6 Å². The highest BCUT2D eigenvalue weighted by atomic mass is 31.2. The van der Waals surface area contributed by atoms with Gasteiger partial charge in [-0.25, -0.2) is 4.57 Å². The molecule has 0 radical (unpaired) electrons. The Morgan fingerprint density at radius 3 is 1.38 bits per heavy atom. The van der Waals surface area contributed by atoms with Crippen LogP contribution in [0.1, 0.15) is 148 Å². The Balaban J connectivity index is 2.54. The second-order valence-electron chi connectivity index (χ2n) is 16.0. The number of phosphoric ester groups is 1. The minimum atomic E-state index is -5.16. The van der Waals surface area contributed by atoms with Crippen LogP contribution < -0.4 is 0 Å². The molecule has 1 aliphatic carbocycles. The van der Waals surface area contributed by atoms with E-state index in [0.29, 0.717) is 25.7 Å². The first kappa shape index (κ1) is 59.0. The summed E-state index contributed by atoms with van der Waals surface area (Å²) in [6.07, 6.45) is 35.2. The van der Waals surface area contributed by atoms with Gasteiger partial charge in [-0.15, -0.1) is 0 Å². The average Bonchev–Trinajstić information content (AvgIpc) is 3.28. The summed E-state index contributed by atoms with van der Waals surface area (Å²) in [6, 6.07) is 0. The van der Waals surface area contributed by atoms with Gasteiger partial charge in [0.15, 0.2) is 6.10 Å². The van der Waals surface area contributed by atoms with Gasteiger partial charge >= 0.3 is 19.8 Å². The molecule has 0 aromatic carbocycles. The Morgan fingerprint density at radius 2 is 0.906 bits per heavy atom. The SMILES string of the molecule is CCCCCCCC/C=C\C/C=C\C/C=C\CCCC(=O)O[C@H](COC(=O)CCC/C=C\C/C=C\C/C=C\C/C=C\CCCCCO)COP(=O)(O)OC1[C@H](O)[C@H](O)C(O)[C@H](O)[C@H]1O. The molecule has 14 nitrogen and oxygen atoms in total. The molecule has 0 amide bonds. The van der Waals surface area contributed by atoms with Crippen LogP contribution in [0.4, 0.5) is 0 Å². The predicted octanol–water partition coefficient (Wildman–Crippen LogP) is 8.25. The molecule has 0 heterocycles. The van der Waals surface area contributed by atoms with E-state index in [9.17, 15) is 44.6 Å². The third-order valence-corrected chi connectivity index (χ3v) is 11.2. The average molecular weight is 925 g/mol. The van der Waals surface area contributed by atoms with Gasteiger partial charge < -0.3 is 45.0 Å². The van der Waals surface area contributed by atoms with E-state index < -0.39 is 75.7 Å². The van der Waals surface area contributed by atoms with Crippen LogP contribution in [0.25, 0.3) is 0 Å². The molecule has 0 bridgehead atoms. The van der Waals surface area contributed by atoms with Crippen molar-refractivity contribution in [3.8, 4) is 0 Å². The molecule has 1 aliphatic rings. The topological polar surface area (TPSA) is 230 Å². The minimum absolute atomic E-state index is 0.00344. The highest BCUT2D eigenvalue weighted by molar-refractivity contribution is 7.47. The number of allylic oxidation sites excluding steroid dienone is 14. The van der Waals surface area contributed by atoms with Crippen LogP contribution in [-0.4, -0.2) is 110 Å². The van der Waals surface area contributed by atoms with Gasteiger partial charge in [0, 0.05) is 19.4 Å². The largest absolute Gasteiger partial charge is 0.472 e. The van der Waals surface area contributed by atoms with Crippen LogP contribution in [0.5, 0.6) is 0 Å². The Bertz CT molecular complexity index is 1440. The number of aliphatic hydroxyl groups excluding tert-OH is 6. The summed E-state index contributed by atoms with van der Waals surface area (Å²) >= 11 is 0. The number of aliphatic hydroxyl groups is 6. The molecule has 0 saturated heterocycles. The van der Waals surface area contributed by atoms with E-state index >= 15 is 0 Å². The molecule has 1 fully saturated rings. The fraction of sp³-hybridized carbons (Fsp3) is 0.673. The molecular weight excluding hydrogens is 843 g/mol. The molecule has 0 aliphatic heterocycles. The van der Waals surface area contributed by atoms with Crippen LogP contribution in [0.2, 0.25) is 0 Å². The number of esters is 2. The van der Waals surface area contributed by atoms with Gasteiger partial charge in [0.05, 0.1) is 6.61 Å². The van der Waals surface area contributed by atoms with Gasteiger partial charge in [0.2, 0.25) is 0 Å². The summed E-state index contributed by atoms with van der Waals surface area (Å²) < 4.78 is 33.4. The molecule has 1 saturated carbocycles. The number of carbonyl (C=O) groups excluding carboxylic acids is 2. The lowest BCUT2D eigenvalue weighted by molar-refractivity contribution is -0.220. The van der Waals surface area contributed by atoms with Gasteiger partial charge in [0.1, 0.15) is 43.2 Å². The van der Waals surface area contributed by atoms with E-state index in [1.807, 2.05) is 24.3 Å². The van der Waals surface area contributed by atoms with Crippen molar-refractivity contribution in [3.05, 3.63) is 85.1 Å². The standard InChI is InChI=1S/C49H81O14P/c1-2-3-4-5-6-7-8-9-10-12-16-19-22-25-28-31-34-37-43(52)62-41(40-61-64(58,59)63-49-47(56)45(54)44(53)46(55)48(49)57)39-60-42(51)36-33-30-27-24-21-18-15-13-11-14-17-20-23-26-29-32-35-38-50/h9-11,14-16,18-20,23-25,27-28,41,44-50,53-57H,2-8,12-13,17,21-22,26,29-40H2,1H3,(H,58,59)/b10-9-,14-11-,18-15-,19-16-,23-20-,27-24-,28-25-/t41-,44?,45-,46+,47-,48-,49?/m1/s1. The first-order valence-electron chi connectivity index (χ1n) is 23.5. The van der Waals surface area contributed by atoms with Crippen molar-refractivity contribution >= 4 is 19.8 Å². The molecule has 0 spiro atoms. The highest BCUT2D eigenvalue weighted by Gasteiger charge is 2.51. The lowest BCUT2D eigenvalue weighted by Crippen LogP contribution is -2.64. The Labute approximate surface area is 382 Å². The summed E-state index contributed by atoms with van der Waals surface area (Å²) in [4.78, 5) is 35.7. The lowest BCUT2D eigenvalue weighted by atomic mass is 9.85. The Hall–Kier alpha value is -3.01. The van der Waals surface area contributed by atoms with E-state index in [1.165, 1.54) is 38.5 Å². The monoisotopic (exact) mass is 925 g/mol. The van der Waals surface area contributed by atoms with Crippen molar-refractivity contribution in [2.24, 2.45) is 0 Å². The first-order valence-corrected chi connectivity index (χ1v) is 25.0. The van der Waals surface area contributed by atoms with Crippen molar-refractivity contribution in [2.75, 3.05) is 19.8 Å². The first-order chi connectivity index (χ1) is 30.9. The fourth-order valence-electron chi connectivity index (χ4n) is 6.45. The van der Waals surface area contributed by atoms with Crippen molar-refractivity contribution in [2.45, 2.75) is 191 Å². The van der Waals surface area contributed by atoms with E-state index in [4.69, 9.17) is 23.6 Å². The number of carbonyl (C=O) groups is 2. The van der Waals surface area contributed by atoms with Gasteiger partial charge in [-0.1, -0.05) is 131 Å². The maximum absolute atomic E-state index is 12.8. The maximum Gasteiger partial charge on any atom is 0.472 e. The smallest absolute Gasteiger partial charge is 0.462 e. The molecule has 7 N–H and O–H groups in total. The molecule has 3 unspecified atom stereocenters. The second-order valence-corrected chi connectivity index (χ2v) is 17.4. The van der Waals surface area contributed by atoms with Gasteiger partial charge in [0.25, 0.3) is 0 Å². The zero-order valence-corrected chi connectivity index (χ0v) is 39.1. The summed E-state index contributed by atoms with van der Waals surface area (Å²) in [5, 5.41) is 58.9. The summed E-state index contributed by atoms with van der Waals surface area (Å²) in [6.45, 7) is 1.20.